The molecule has 5 nitrogen and oxygen atoms in total. The van der Waals surface area contributed by atoms with Gasteiger partial charge in [0.2, 0.25) is 5.91 Å². The largest absolute Gasteiger partial charge is 0.468 e. The van der Waals surface area contributed by atoms with Crippen molar-refractivity contribution in [1.82, 2.24) is 10.6 Å². The van der Waals surface area contributed by atoms with E-state index < -0.39 is 12.1 Å². The Morgan fingerprint density at radius 2 is 1.87 bits per heavy atom. The van der Waals surface area contributed by atoms with Crippen molar-refractivity contribution in [2.45, 2.75) is 39.3 Å². The Morgan fingerprint density at radius 1 is 1.27 bits per heavy atom. The molecular weight excluding hydrogens is 196 g/mol. The first kappa shape index (κ1) is 13.9. The number of rotatable bonds is 6. The molecule has 0 bridgehead atoms. The minimum absolute atomic E-state index is 0.104. The van der Waals surface area contributed by atoms with E-state index in [0.29, 0.717) is 6.54 Å². The molecule has 0 heterocycles. The van der Waals surface area contributed by atoms with Gasteiger partial charge < -0.3 is 10.1 Å². The summed E-state index contributed by atoms with van der Waals surface area (Å²) in [7, 11) is 1.32. The van der Waals surface area contributed by atoms with E-state index in [1.165, 1.54) is 7.11 Å². The molecule has 0 spiro atoms. The van der Waals surface area contributed by atoms with Crippen LogP contribution in [0.15, 0.2) is 0 Å². The van der Waals surface area contributed by atoms with Crippen LogP contribution < -0.4 is 10.6 Å². The Bertz CT molecular complexity index is 219. The number of amides is 1. The Labute approximate surface area is 90.6 Å². The quantitative estimate of drug-likeness (QED) is 0.616. The first-order chi connectivity index (χ1) is 7.02. The van der Waals surface area contributed by atoms with Crippen molar-refractivity contribution in [3.63, 3.8) is 0 Å². The number of ether oxygens (including phenoxy) is 1. The van der Waals surface area contributed by atoms with Crippen molar-refractivity contribution >= 4 is 11.9 Å². The van der Waals surface area contributed by atoms with E-state index in [1.807, 2.05) is 6.92 Å². The summed E-state index contributed by atoms with van der Waals surface area (Å²) in [6, 6.07) is -0.872. The zero-order valence-electron chi connectivity index (χ0n) is 9.79. The van der Waals surface area contributed by atoms with Crippen LogP contribution in [0.25, 0.3) is 0 Å². The van der Waals surface area contributed by atoms with Crippen LogP contribution in [-0.2, 0) is 14.3 Å². The Morgan fingerprint density at radius 3 is 2.33 bits per heavy atom. The van der Waals surface area contributed by atoms with Crippen molar-refractivity contribution in [2.75, 3.05) is 13.7 Å². The van der Waals surface area contributed by atoms with Crippen LogP contribution in [-0.4, -0.2) is 37.6 Å². The fourth-order valence-corrected chi connectivity index (χ4v) is 1.10. The van der Waals surface area contributed by atoms with Crippen LogP contribution >= 0.6 is 0 Å². The summed E-state index contributed by atoms with van der Waals surface area (Å²) in [6.45, 7) is 6.01. The summed E-state index contributed by atoms with van der Waals surface area (Å²) in [5.41, 5.74) is 0. The molecule has 0 saturated heterocycles. The molecule has 0 fully saturated rings. The molecule has 88 valence electrons. The van der Waals surface area contributed by atoms with Crippen molar-refractivity contribution in [1.29, 1.82) is 0 Å². The van der Waals surface area contributed by atoms with Crippen LogP contribution in [0.5, 0.6) is 0 Å². The van der Waals surface area contributed by atoms with E-state index in [2.05, 4.69) is 15.4 Å². The topological polar surface area (TPSA) is 67.4 Å². The maximum Gasteiger partial charge on any atom is 0.322 e. The van der Waals surface area contributed by atoms with Gasteiger partial charge in [0, 0.05) is 6.54 Å². The number of nitrogens with one attached hydrogen (secondary N) is 2. The molecule has 0 aliphatic carbocycles. The van der Waals surface area contributed by atoms with E-state index in [4.69, 9.17) is 0 Å². The van der Waals surface area contributed by atoms with Crippen LogP contribution in [0.4, 0.5) is 0 Å². The lowest BCUT2D eigenvalue weighted by Crippen LogP contribution is -2.48. The van der Waals surface area contributed by atoms with E-state index >= 15 is 0 Å². The third kappa shape index (κ3) is 5.37. The highest BCUT2D eigenvalue weighted by atomic mass is 16.5. The Hall–Kier alpha value is -1.10. The maximum absolute atomic E-state index is 11.4. The van der Waals surface area contributed by atoms with Crippen molar-refractivity contribution in [3.05, 3.63) is 0 Å². The van der Waals surface area contributed by atoms with Gasteiger partial charge in [-0.1, -0.05) is 6.92 Å². The summed E-state index contributed by atoms with van der Waals surface area (Å²) in [5, 5.41) is 5.59. The standard InChI is InChI=1S/C10H20N2O3/c1-5-6-11-9(13)7(2)12-8(3)10(14)15-4/h7-8,12H,5-6H2,1-4H3,(H,11,13). The van der Waals surface area contributed by atoms with Gasteiger partial charge in [-0.2, -0.15) is 0 Å². The molecule has 2 unspecified atom stereocenters. The normalized spacial score (nSPS) is 14.1. The van der Waals surface area contributed by atoms with E-state index in [-0.39, 0.29) is 11.9 Å². The van der Waals surface area contributed by atoms with Gasteiger partial charge in [-0.15, -0.1) is 0 Å². The zero-order chi connectivity index (χ0) is 11.8. The molecule has 0 aliphatic rings. The second kappa shape index (κ2) is 7.23. The predicted molar refractivity (Wildman–Crippen MR) is 57.4 cm³/mol. The molecule has 1 amide bonds. The van der Waals surface area contributed by atoms with Crippen molar-refractivity contribution in [3.8, 4) is 0 Å². The van der Waals surface area contributed by atoms with Gasteiger partial charge in [0.25, 0.3) is 0 Å². The van der Waals surface area contributed by atoms with Gasteiger partial charge in [-0.05, 0) is 20.3 Å². The highest BCUT2D eigenvalue weighted by Gasteiger charge is 2.19. The molecule has 0 aromatic heterocycles. The lowest BCUT2D eigenvalue weighted by atomic mass is 10.2. The zero-order valence-corrected chi connectivity index (χ0v) is 9.79. The monoisotopic (exact) mass is 216 g/mol. The summed E-state index contributed by atoms with van der Waals surface area (Å²) < 4.78 is 4.54. The fourth-order valence-electron chi connectivity index (χ4n) is 1.10. The molecule has 0 rings (SSSR count). The van der Waals surface area contributed by atoms with Gasteiger partial charge in [0.15, 0.2) is 0 Å². The molecule has 2 N–H and O–H groups in total. The van der Waals surface area contributed by atoms with Gasteiger partial charge in [-0.25, -0.2) is 0 Å². The maximum atomic E-state index is 11.4. The summed E-state index contributed by atoms with van der Waals surface area (Å²) >= 11 is 0. The third-order valence-corrected chi connectivity index (χ3v) is 2.00. The van der Waals surface area contributed by atoms with Gasteiger partial charge in [0.1, 0.15) is 6.04 Å². The fraction of sp³-hybridized carbons (Fsp3) is 0.800. The predicted octanol–water partition coefficient (Wildman–Crippen LogP) is 0.0522. The molecule has 0 saturated carbocycles. The average Bonchev–Trinajstić information content (AvgIpc) is 2.24. The second-order valence-corrected chi connectivity index (χ2v) is 3.42. The number of carbonyl (C=O) groups is 2. The molecule has 15 heavy (non-hydrogen) atoms. The molecule has 0 aliphatic heterocycles. The second-order valence-electron chi connectivity index (χ2n) is 3.42. The van der Waals surface area contributed by atoms with E-state index in [0.717, 1.165) is 6.42 Å². The lowest BCUT2D eigenvalue weighted by Gasteiger charge is -2.17. The van der Waals surface area contributed by atoms with Gasteiger partial charge >= 0.3 is 5.97 Å². The average molecular weight is 216 g/mol. The highest BCUT2D eigenvalue weighted by Crippen LogP contribution is 1.90. The molecular formula is C10H20N2O3. The molecule has 0 aromatic carbocycles. The molecule has 5 heteroatoms. The Balaban J connectivity index is 3.95. The number of hydrogen-bond acceptors (Lipinski definition) is 4. The van der Waals surface area contributed by atoms with Crippen LogP contribution in [0.2, 0.25) is 0 Å². The summed E-state index contributed by atoms with van der Waals surface area (Å²) in [5.74, 6) is -0.474. The van der Waals surface area contributed by atoms with E-state index in [9.17, 15) is 9.59 Å². The molecule has 0 radical (unpaired) electrons. The van der Waals surface area contributed by atoms with Crippen molar-refractivity contribution < 1.29 is 14.3 Å². The van der Waals surface area contributed by atoms with Crippen molar-refractivity contribution in [2.24, 2.45) is 0 Å². The smallest absolute Gasteiger partial charge is 0.322 e. The third-order valence-electron chi connectivity index (χ3n) is 2.00. The Kier molecular flexibility index (Phi) is 6.70. The number of esters is 1. The van der Waals surface area contributed by atoms with Gasteiger partial charge in [0.05, 0.1) is 13.2 Å². The number of carbonyl (C=O) groups excluding carboxylic acids is 2. The van der Waals surface area contributed by atoms with Crippen LogP contribution in [0.1, 0.15) is 27.2 Å². The minimum Gasteiger partial charge on any atom is -0.468 e. The first-order valence-electron chi connectivity index (χ1n) is 5.14. The van der Waals surface area contributed by atoms with E-state index in [1.54, 1.807) is 13.8 Å². The highest BCUT2D eigenvalue weighted by molar-refractivity contribution is 5.82. The first-order valence-corrected chi connectivity index (χ1v) is 5.14. The lowest BCUT2D eigenvalue weighted by molar-refractivity contribution is -0.143. The van der Waals surface area contributed by atoms with Gasteiger partial charge in [-0.3, -0.25) is 14.9 Å². The molecule has 2 atom stereocenters. The summed E-state index contributed by atoms with van der Waals surface area (Å²) in [4.78, 5) is 22.5. The van der Waals surface area contributed by atoms with Crippen LogP contribution in [0.3, 0.4) is 0 Å². The number of methoxy groups -OCH3 is 1. The summed E-state index contributed by atoms with van der Waals surface area (Å²) in [6.07, 6.45) is 0.894. The van der Waals surface area contributed by atoms with Crippen LogP contribution in [0, 0.1) is 0 Å². The SMILES string of the molecule is CCCNC(=O)C(C)NC(C)C(=O)OC. The number of hydrogen-bond donors (Lipinski definition) is 2. The molecule has 0 aromatic rings. The minimum atomic E-state index is -0.475.